The number of carbonyl (C=O) groups is 5. The van der Waals surface area contributed by atoms with Crippen molar-refractivity contribution in [3.63, 3.8) is 0 Å². The van der Waals surface area contributed by atoms with E-state index in [0.29, 0.717) is 12.2 Å². The number of amides is 3. The first-order valence-electron chi connectivity index (χ1n) is 11.3. The number of fused-ring (bicyclic) bond motifs is 2. The fourth-order valence-electron chi connectivity index (χ4n) is 3.17. The number of allylic oxidation sites excluding steroid dienone is 2. The van der Waals surface area contributed by atoms with Gasteiger partial charge in [-0.1, -0.05) is 37.8 Å². The Bertz CT molecular complexity index is 1060. The number of halogens is 1. The molecule has 0 radical (unpaired) electrons. The first kappa shape index (κ1) is 28.7. The van der Waals surface area contributed by atoms with Crippen LogP contribution in [0.5, 0.6) is 0 Å². The van der Waals surface area contributed by atoms with E-state index in [2.05, 4.69) is 20.9 Å². The molecule has 0 aliphatic carbocycles. The molecule has 12 heteroatoms. The molecule has 194 valence electrons. The van der Waals surface area contributed by atoms with Crippen molar-refractivity contribution in [2.75, 3.05) is 5.75 Å². The number of thioether (sulfide) groups is 1. The second-order valence-corrected chi connectivity index (χ2v) is 9.09. The Morgan fingerprint density at radius 1 is 1.22 bits per heavy atom. The minimum absolute atomic E-state index is 0.0851. The normalized spacial score (nSPS) is 21.2. The van der Waals surface area contributed by atoms with Gasteiger partial charge in [0.25, 0.3) is 11.8 Å². The number of rotatable bonds is 6. The molecule has 0 unspecified atom stereocenters. The molecule has 1 aliphatic heterocycles. The number of cyclic esters (lactones) is 1. The Morgan fingerprint density at radius 2 is 1.97 bits per heavy atom. The van der Waals surface area contributed by atoms with Gasteiger partial charge >= 0.3 is 5.97 Å². The first-order valence-corrected chi connectivity index (χ1v) is 12.3. The predicted molar refractivity (Wildman–Crippen MR) is 131 cm³/mol. The van der Waals surface area contributed by atoms with E-state index in [0.717, 1.165) is 29.5 Å². The number of carbonyl (C=O) groups excluding carboxylic acids is 5. The molecule has 1 aromatic rings. The maximum absolute atomic E-state index is 14.1. The summed E-state index contributed by atoms with van der Waals surface area (Å²) in [5, 5.41) is 7.50. The summed E-state index contributed by atoms with van der Waals surface area (Å²) in [5.41, 5.74) is 0.362. The molecule has 1 aliphatic rings. The van der Waals surface area contributed by atoms with Crippen LogP contribution in [-0.4, -0.2) is 52.2 Å². The largest absolute Gasteiger partial charge is 0.456 e. The Hall–Kier alpha value is -3.54. The van der Waals surface area contributed by atoms with Crippen LogP contribution in [0.4, 0.5) is 4.39 Å². The summed E-state index contributed by atoms with van der Waals surface area (Å²) in [5.74, 6) is -3.46. The zero-order chi connectivity index (χ0) is 26.7. The Labute approximate surface area is 212 Å². The average Bonchev–Trinajstić information content (AvgIpc) is 2.82. The highest BCUT2D eigenvalue weighted by atomic mass is 32.2. The third-order valence-corrected chi connectivity index (χ3v) is 5.61. The average molecular weight is 521 g/mol. The zero-order valence-electron chi connectivity index (χ0n) is 20.2. The smallest absolute Gasteiger partial charge is 0.329 e. The lowest BCUT2D eigenvalue weighted by Gasteiger charge is -2.24. The second kappa shape index (κ2) is 14.1. The minimum atomic E-state index is -1.08. The predicted octanol–water partition coefficient (Wildman–Crippen LogP) is 1.80. The summed E-state index contributed by atoms with van der Waals surface area (Å²) in [6.45, 7) is 4.73. The number of esters is 1. The lowest BCUT2D eigenvalue weighted by Crippen LogP contribution is -2.48. The molecule has 0 fully saturated rings. The van der Waals surface area contributed by atoms with Gasteiger partial charge in [0.15, 0.2) is 5.62 Å². The fraction of sp³-hybridized carbons (Fsp3) is 0.417. The Morgan fingerprint density at radius 3 is 2.64 bits per heavy atom. The molecule has 3 N–H and O–H groups in total. The van der Waals surface area contributed by atoms with Crippen LogP contribution in [0.25, 0.3) is 0 Å². The molecule has 2 atom stereocenters. The number of hydrogen-bond acceptors (Lipinski definition) is 8. The topological polar surface area (TPSA) is 144 Å². The summed E-state index contributed by atoms with van der Waals surface area (Å²) in [4.78, 5) is 65.5. The third kappa shape index (κ3) is 8.91. The van der Waals surface area contributed by atoms with Gasteiger partial charge in [0, 0.05) is 11.8 Å². The van der Waals surface area contributed by atoms with Gasteiger partial charge < -0.3 is 20.7 Å². The highest BCUT2D eigenvalue weighted by Crippen LogP contribution is 2.12. The van der Waals surface area contributed by atoms with Crippen molar-refractivity contribution in [1.29, 1.82) is 0 Å². The molecule has 36 heavy (non-hydrogen) atoms. The van der Waals surface area contributed by atoms with Gasteiger partial charge in [-0.3, -0.25) is 19.2 Å². The SMILES string of the molecule is C/C=C1\NC(=O)c2cc(F)cc(n2)CNC(=O)C[C@@H](/C=C/CCSC=O)OC(=O)[C@H](C(C)C)NC1=O. The molecule has 0 aromatic carbocycles. The number of hydrogen-bond donors (Lipinski definition) is 3. The van der Waals surface area contributed by atoms with E-state index in [1.165, 1.54) is 13.0 Å². The zero-order valence-corrected chi connectivity index (χ0v) is 21.0. The third-order valence-electron chi connectivity index (χ3n) is 5.01. The van der Waals surface area contributed by atoms with Crippen molar-refractivity contribution in [3.8, 4) is 0 Å². The van der Waals surface area contributed by atoms with Gasteiger partial charge in [0.1, 0.15) is 29.4 Å². The summed E-state index contributed by atoms with van der Waals surface area (Å²) in [6.07, 6.45) is 3.87. The maximum Gasteiger partial charge on any atom is 0.329 e. The fourth-order valence-corrected chi connectivity index (χ4v) is 3.54. The molecule has 3 amide bonds. The molecule has 2 rings (SSSR count). The van der Waals surface area contributed by atoms with Crippen molar-refractivity contribution in [1.82, 2.24) is 20.9 Å². The van der Waals surface area contributed by atoms with E-state index in [-0.39, 0.29) is 36.0 Å². The first-order chi connectivity index (χ1) is 17.1. The number of pyridine rings is 1. The molecule has 2 heterocycles. The molecule has 0 saturated heterocycles. The van der Waals surface area contributed by atoms with E-state index < -0.39 is 41.7 Å². The Kier molecular flexibility index (Phi) is 11.3. The lowest BCUT2D eigenvalue weighted by molar-refractivity contribution is -0.153. The van der Waals surface area contributed by atoms with E-state index in [1.807, 2.05) is 0 Å². The van der Waals surface area contributed by atoms with Crippen LogP contribution in [0.2, 0.25) is 0 Å². The lowest BCUT2D eigenvalue weighted by atomic mass is 10.0. The summed E-state index contributed by atoms with van der Waals surface area (Å²) in [6, 6.07) is 0.895. The van der Waals surface area contributed by atoms with Crippen molar-refractivity contribution in [3.05, 3.63) is 53.3 Å². The highest BCUT2D eigenvalue weighted by molar-refractivity contribution is 8.11. The molecular formula is C24H29FN4O6S. The Balaban J connectivity index is 2.39. The van der Waals surface area contributed by atoms with Crippen molar-refractivity contribution >= 4 is 41.1 Å². The van der Waals surface area contributed by atoms with Crippen LogP contribution in [0, 0.1) is 11.7 Å². The van der Waals surface area contributed by atoms with Crippen LogP contribution in [0.15, 0.2) is 36.1 Å². The summed E-state index contributed by atoms with van der Waals surface area (Å²) in [7, 11) is 0. The van der Waals surface area contributed by atoms with Crippen molar-refractivity contribution < 1.29 is 33.1 Å². The summed E-state index contributed by atoms with van der Waals surface area (Å²) < 4.78 is 19.7. The van der Waals surface area contributed by atoms with Gasteiger partial charge in [0.2, 0.25) is 5.91 Å². The number of nitrogens with one attached hydrogen (secondary N) is 3. The van der Waals surface area contributed by atoms with Crippen LogP contribution >= 0.6 is 11.8 Å². The number of nitrogens with zero attached hydrogens (tertiary/aromatic N) is 1. The van der Waals surface area contributed by atoms with E-state index in [9.17, 15) is 28.4 Å². The van der Waals surface area contributed by atoms with Gasteiger partial charge in [0.05, 0.1) is 18.7 Å². The van der Waals surface area contributed by atoms with Gasteiger partial charge in [-0.05, 0) is 31.4 Å². The molecule has 1 aromatic heterocycles. The van der Waals surface area contributed by atoms with Crippen LogP contribution in [0.1, 0.15) is 49.8 Å². The monoisotopic (exact) mass is 520 g/mol. The van der Waals surface area contributed by atoms with Gasteiger partial charge in [-0.15, -0.1) is 0 Å². The minimum Gasteiger partial charge on any atom is -0.456 e. The molecular weight excluding hydrogens is 491 g/mol. The van der Waals surface area contributed by atoms with E-state index in [1.54, 1.807) is 26.0 Å². The second-order valence-electron chi connectivity index (χ2n) is 8.15. The molecule has 0 spiro atoms. The molecule has 10 nitrogen and oxygen atoms in total. The van der Waals surface area contributed by atoms with Gasteiger partial charge in [-0.2, -0.15) is 0 Å². The standard InChI is InChI=1S/C24H29FN4O6S/c1-4-18-22(32)29-21(14(2)3)24(34)35-17(7-5-6-8-36-13-30)11-20(31)26-12-16-9-15(25)10-19(27-16)23(33)28-18/h4-5,7,9-10,13-14,17,21H,6,8,11-12H2,1-3H3,(H,26,31)(H,28,33)(H,29,32)/b7-5+,18-4-/t17-,21+/m1/s1. The van der Waals surface area contributed by atoms with Gasteiger partial charge in [-0.25, -0.2) is 14.2 Å². The van der Waals surface area contributed by atoms with Crippen molar-refractivity contribution in [2.24, 2.45) is 5.92 Å². The quantitative estimate of drug-likeness (QED) is 0.169. The summed E-state index contributed by atoms with van der Waals surface area (Å²) >= 11 is 1.08. The van der Waals surface area contributed by atoms with Crippen molar-refractivity contribution in [2.45, 2.75) is 52.3 Å². The number of aromatic nitrogens is 1. The number of ether oxygens (including phenoxy) is 1. The van der Waals surface area contributed by atoms with Crippen LogP contribution in [0.3, 0.4) is 0 Å². The highest BCUT2D eigenvalue weighted by Gasteiger charge is 2.30. The molecule has 0 saturated carbocycles. The van der Waals surface area contributed by atoms with Crippen LogP contribution in [-0.2, 0) is 30.5 Å². The van der Waals surface area contributed by atoms with Crippen LogP contribution < -0.4 is 16.0 Å². The molecule has 2 bridgehead atoms. The van der Waals surface area contributed by atoms with E-state index in [4.69, 9.17) is 4.74 Å². The van der Waals surface area contributed by atoms with E-state index >= 15 is 0 Å². The maximum atomic E-state index is 14.1.